The zero-order valence-electron chi connectivity index (χ0n) is 6.83. The second-order valence-electron chi connectivity index (χ2n) is 3.56. The first-order valence-electron chi connectivity index (χ1n) is 3.88. The van der Waals surface area contributed by atoms with Gasteiger partial charge in [0.15, 0.2) is 0 Å². The molecule has 0 aromatic carbocycles. The Morgan fingerprint density at radius 2 is 2.00 bits per heavy atom. The average molecular weight is 164 g/mol. The van der Waals surface area contributed by atoms with Gasteiger partial charge < -0.3 is 0 Å². The minimum atomic E-state index is 0.0284. The van der Waals surface area contributed by atoms with Crippen molar-refractivity contribution in [2.75, 3.05) is 0 Å². The Morgan fingerprint density at radius 1 is 1.27 bits per heavy atom. The van der Waals surface area contributed by atoms with Gasteiger partial charge in [0, 0.05) is 10.2 Å². The standard InChI is InChI=1S/C10H12S/c1-8-4-3-5-10(8)7-6-9(10,2)11/h3-7,11H,1-2H3. The zero-order valence-corrected chi connectivity index (χ0v) is 7.73. The van der Waals surface area contributed by atoms with Crippen molar-refractivity contribution in [1.29, 1.82) is 0 Å². The van der Waals surface area contributed by atoms with Gasteiger partial charge in [0.1, 0.15) is 0 Å². The summed E-state index contributed by atoms with van der Waals surface area (Å²) < 4.78 is 0.0284. The molecule has 0 bridgehead atoms. The second-order valence-corrected chi connectivity index (χ2v) is 4.49. The van der Waals surface area contributed by atoms with Gasteiger partial charge in [-0.05, 0) is 13.8 Å². The second kappa shape index (κ2) is 1.84. The first kappa shape index (κ1) is 7.23. The first-order valence-corrected chi connectivity index (χ1v) is 4.33. The van der Waals surface area contributed by atoms with Crippen LogP contribution in [0.3, 0.4) is 0 Å². The molecule has 0 saturated heterocycles. The first-order chi connectivity index (χ1) is 5.08. The maximum Gasteiger partial charge on any atom is 0.0452 e. The third-order valence-corrected chi connectivity index (χ3v) is 3.39. The number of rotatable bonds is 0. The SMILES string of the molecule is CC1=CC=CC12C=CC2(C)S. The van der Waals surface area contributed by atoms with Crippen LogP contribution < -0.4 is 0 Å². The monoisotopic (exact) mass is 164 g/mol. The van der Waals surface area contributed by atoms with Gasteiger partial charge in [0.05, 0.1) is 0 Å². The van der Waals surface area contributed by atoms with Gasteiger partial charge in [-0.15, -0.1) is 0 Å². The molecule has 2 rings (SSSR count). The summed E-state index contributed by atoms with van der Waals surface area (Å²) >= 11 is 4.60. The van der Waals surface area contributed by atoms with Crippen molar-refractivity contribution in [3.63, 3.8) is 0 Å². The van der Waals surface area contributed by atoms with Gasteiger partial charge in [-0.3, -0.25) is 0 Å². The van der Waals surface area contributed by atoms with E-state index in [-0.39, 0.29) is 10.2 Å². The summed E-state index contributed by atoms with van der Waals surface area (Å²) in [6.07, 6.45) is 10.9. The summed E-state index contributed by atoms with van der Waals surface area (Å²) in [4.78, 5) is 0. The highest BCUT2D eigenvalue weighted by atomic mass is 32.1. The number of allylic oxidation sites excluding steroid dienone is 5. The van der Waals surface area contributed by atoms with Gasteiger partial charge in [-0.2, -0.15) is 12.6 Å². The van der Waals surface area contributed by atoms with Crippen LogP contribution >= 0.6 is 12.6 Å². The van der Waals surface area contributed by atoms with Gasteiger partial charge in [0.2, 0.25) is 0 Å². The Kier molecular flexibility index (Phi) is 1.21. The summed E-state index contributed by atoms with van der Waals surface area (Å²) in [5.41, 5.74) is 1.54. The van der Waals surface area contributed by atoms with E-state index in [4.69, 9.17) is 0 Å². The Morgan fingerprint density at radius 3 is 2.18 bits per heavy atom. The molecule has 0 N–H and O–H groups in total. The lowest BCUT2D eigenvalue weighted by Gasteiger charge is -2.46. The molecule has 0 nitrogen and oxygen atoms in total. The molecule has 0 aliphatic heterocycles. The quantitative estimate of drug-likeness (QED) is 0.413. The van der Waals surface area contributed by atoms with E-state index in [0.29, 0.717) is 0 Å². The van der Waals surface area contributed by atoms with Crippen molar-refractivity contribution in [1.82, 2.24) is 0 Å². The normalized spacial score (nSPS) is 46.3. The molecule has 0 fully saturated rings. The Labute approximate surface area is 73.1 Å². The van der Waals surface area contributed by atoms with Crippen LogP contribution in [0.4, 0.5) is 0 Å². The van der Waals surface area contributed by atoms with Crippen LogP contribution in [0.5, 0.6) is 0 Å². The van der Waals surface area contributed by atoms with Crippen molar-refractivity contribution < 1.29 is 0 Å². The van der Waals surface area contributed by atoms with E-state index in [2.05, 4.69) is 56.9 Å². The van der Waals surface area contributed by atoms with Crippen LogP contribution in [-0.2, 0) is 0 Å². The predicted octanol–water partition coefficient (Wildman–Crippen LogP) is 2.75. The fraction of sp³-hybridized carbons (Fsp3) is 0.400. The lowest BCUT2D eigenvalue weighted by atomic mass is 9.64. The van der Waals surface area contributed by atoms with Gasteiger partial charge >= 0.3 is 0 Å². The van der Waals surface area contributed by atoms with E-state index >= 15 is 0 Å². The molecule has 2 atom stereocenters. The topological polar surface area (TPSA) is 0 Å². The molecule has 58 valence electrons. The van der Waals surface area contributed by atoms with E-state index in [9.17, 15) is 0 Å². The van der Waals surface area contributed by atoms with Crippen LogP contribution in [0.1, 0.15) is 13.8 Å². The highest BCUT2D eigenvalue weighted by molar-refractivity contribution is 7.82. The minimum Gasteiger partial charge on any atom is -0.167 e. The molecule has 2 aliphatic rings. The molecule has 2 unspecified atom stereocenters. The van der Waals surface area contributed by atoms with E-state index < -0.39 is 0 Å². The summed E-state index contributed by atoms with van der Waals surface area (Å²) in [6.45, 7) is 4.32. The Bertz CT molecular complexity index is 281. The van der Waals surface area contributed by atoms with E-state index in [1.54, 1.807) is 0 Å². The molecular weight excluding hydrogens is 152 g/mol. The average Bonchev–Trinajstić information content (AvgIpc) is 2.31. The van der Waals surface area contributed by atoms with E-state index in [0.717, 1.165) is 0 Å². The van der Waals surface area contributed by atoms with Crippen molar-refractivity contribution >= 4 is 12.6 Å². The van der Waals surface area contributed by atoms with Crippen LogP contribution in [0.2, 0.25) is 0 Å². The van der Waals surface area contributed by atoms with Crippen molar-refractivity contribution in [3.8, 4) is 0 Å². The third-order valence-electron chi connectivity index (χ3n) is 2.87. The molecule has 0 aromatic heterocycles. The highest BCUT2D eigenvalue weighted by Gasteiger charge is 2.48. The number of hydrogen-bond donors (Lipinski definition) is 1. The van der Waals surface area contributed by atoms with Gasteiger partial charge in [0.25, 0.3) is 0 Å². The van der Waals surface area contributed by atoms with Crippen molar-refractivity contribution in [2.24, 2.45) is 5.41 Å². The third kappa shape index (κ3) is 0.672. The number of thiol groups is 1. The lowest BCUT2D eigenvalue weighted by Crippen LogP contribution is -2.43. The van der Waals surface area contributed by atoms with Crippen LogP contribution in [-0.4, -0.2) is 4.75 Å². The molecule has 0 amide bonds. The van der Waals surface area contributed by atoms with Gasteiger partial charge in [-0.25, -0.2) is 0 Å². The lowest BCUT2D eigenvalue weighted by molar-refractivity contribution is 0.451. The molecule has 0 radical (unpaired) electrons. The fourth-order valence-electron chi connectivity index (χ4n) is 1.87. The Hall–Kier alpha value is -0.430. The molecule has 1 spiro atoms. The van der Waals surface area contributed by atoms with Crippen molar-refractivity contribution in [3.05, 3.63) is 36.0 Å². The number of hydrogen-bond acceptors (Lipinski definition) is 1. The van der Waals surface area contributed by atoms with E-state index in [1.807, 2.05) is 0 Å². The zero-order chi connectivity index (χ0) is 8.11. The fourth-order valence-corrected chi connectivity index (χ4v) is 2.27. The summed E-state index contributed by atoms with van der Waals surface area (Å²) in [6, 6.07) is 0. The largest absolute Gasteiger partial charge is 0.167 e. The smallest absolute Gasteiger partial charge is 0.0452 e. The summed E-state index contributed by atoms with van der Waals surface area (Å²) in [5, 5.41) is 0. The highest BCUT2D eigenvalue weighted by Crippen LogP contribution is 2.55. The molecular formula is C10H12S. The maximum absolute atomic E-state index is 4.60. The van der Waals surface area contributed by atoms with Crippen molar-refractivity contribution in [2.45, 2.75) is 18.6 Å². The van der Waals surface area contributed by atoms with E-state index in [1.165, 1.54) is 5.57 Å². The minimum absolute atomic E-state index is 0.0284. The molecule has 0 aromatic rings. The van der Waals surface area contributed by atoms with Crippen LogP contribution in [0.15, 0.2) is 36.0 Å². The van der Waals surface area contributed by atoms with Crippen LogP contribution in [0.25, 0.3) is 0 Å². The summed E-state index contributed by atoms with van der Waals surface area (Å²) in [7, 11) is 0. The molecule has 11 heavy (non-hydrogen) atoms. The predicted molar refractivity (Wildman–Crippen MR) is 51.9 cm³/mol. The molecule has 1 heteroatoms. The molecule has 2 aliphatic carbocycles. The molecule has 0 saturated carbocycles. The van der Waals surface area contributed by atoms with Gasteiger partial charge in [-0.1, -0.05) is 36.0 Å². The molecule has 0 heterocycles. The maximum atomic E-state index is 4.60. The summed E-state index contributed by atoms with van der Waals surface area (Å²) in [5.74, 6) is 0. The van der Waals surface area contributed by atoms with Crippen LogP contribution in [0, 0.1) is 5.41 Å². The Balaban J connectivity index is 2.49.